The van der Waals surface area contributed by atoms with Crippen LogP contribution < -0.4 is 5.73 Å². The van der Waals surface area contributed by atoms with Crippen LogP contribution in [0.25, 0.3) is 11.0 Å². The molecule has 0 saturated heterocycles. The van der Waals surface area contributed by atoms with Gasteiger partial charge >= 0.3 is 0 Å². The summed E-state index contributed by atoms with van der Waals surface area (Å²) in [7, 11) is 1.79. The average molecular weight is 244 g/mol. The molecule has 0 atom stereocenters. The minimum absolute atomic E-state index is 0.328. The van der Waals surface area contributed by atoms with Gasteiger partial charge in [-0.15, -0.1) is 0 Å². The largest absolute Gasteiger partial charge is 0.369 e. The lowest BCUT2D eigenvalue weighted by Crippen LogP contribution is -1.96. The molecule has 2 aromatic rings. The number of hydrogen-bond acceptors (Lipinski definition) is 2. The lowest BCUT2D eigenvalue weighted by atomic mass is 10.3. The average Bonchev–Trinajstić information content (AvgIpc) is 2.32. The van der Waals surface area contributed by atoms with E-state index < -0.39 is 0 Å². The van der Waals surface area contributed by atoms with Crippen LogP contribution in [0, 0.1) is 5.82 Å². The Kier molecular flexibility index (Phi) is 1.76. The summed E-state index contributed by atoms with van der Waals surface area (Å²) in [4.78, 5) is 3.99. The molecule has 1 aromatic carbocycles. The SMILES string of the molecule is Cn1c(N)nc2cc(F)c(Br)cc21. The summed E-state index contributed by atoms with van der Waals surface area (Å²) >= 11 is 3.10. The zero-order valence-electron chi connectivity index (χ0n) is 6.88. The van der Waals surface area contributed by atoms with Crippen molar-refractivity contribution in [2.75, 3.05) is 5.73 Å². The Morgan fingerprint density at radius 2 is 2.23 bits per heavy atom. The van der Waals surface area contributed by atoms with Gasteiger partial charge in [0.1, 0.15) is 5.82 Å². The van der Waals surface area contributed by atoms with Crippen molar-refractivity contribution in [3.05, 3.63) is 22.4 Å². The fourth-order valence-corrected chi connectivity index (χ4v) is 1.54. The van der Waals surface area contributed by atoms with Crippen molar-refractivity contribution in [3.8, 4) is 0 Å². The Hall–Kier alpha value is -1.10. The molecule has 0 aliphatic carbocycles. The van der Waals surface area contributed by atoms with Gasteiger partial charge in [0.25, 0.3) is 0 Å². The molecular weight excluding hydrogens is 237 g/mol. The van der Waals surface area contributed by atoms with E-state index in [1.54, 1.807) is 17.7 Å². The van der Waals surface area contributed by atoms with Crippen LogP contribution in [0.2, 0.25) is 0 Å². The van der Waals surface area contributed by atoms with Crippen molar-refractivity contribution in [3.63, 3.8) is 0 Å². The minimum atomic E-state index is -0.328. The minimum Gasteiger partial charge on any atom is -0.369 e. The number of halogens is 2. The summed E-state index contributed by atoms with van der Waals surface area (Å²) in [5.41, 5.74) is 6.95. The zero-order chi connectivity index (χ0) is 9.59. The number of imidazole rings is 1. The van der Waals surface area contributed by atoms with Crippen molar-refractivity contribution < 1.29 is 4.39 Å². The summed E-state index contributed by atoms with van der Waals surface area (Å²) in [6, 6.07) is 3.02. The lowest BCUT2D eigenvalue weighted by molar-refractivity contribution is 0.623. The van der Waals surface area contributed by atoms with Crippen LogP contribution in [0.1, 0.15) is 0 Å². The first-order valence-electron chi connectivity index (χ1n) is 3.66. The number of aryl methyl sites for hydroxylation is 1. The number of nitrogens with zero attached hydrogens (tertiary/aromatic N) is 2. The Bertz CT molecular complexity index is 478. The van der Waals surface area contributed by atoms with E-state index in [4.69, 9.17) is 5.73 Å². The highest BCUT2D eigenvalue weighted by Gasteiger charge is 2.08. The maximum absolute atomic E-state index is 13.1. The highest BCUT2D eigenvalue weighted by atomic mass is 79.9. The van der Waals surface area contributed by atoms with E-state index in [-0.39, 0.29) is 5.82 Å². The smallest absolute Gasteiger partial charge is 0.200 e. The van der Waals surface area contributed by atoms with Crippen LogP contribution in [0.4, 0.5) is 10.3 Å². The van der Waals surface area contributed by atoms with Gasteiger partial charge in [0.05, 0.1) is 15.5 Å². The summed E-state index contributed by atoms with van der Waals surface area (Å²) in [6.07, 6.45) is 0. The molecule has 0 amide bonds. The summed E-state index contributed by atoms with van der Waals surface area (Å²) in [5.74, 6) is 0.0538. The molecule has 0 bridgehead atoms. The second kappa shape index (κ2) is 2.70. The van der Waals surface area contributed by atoms with Crippen LogP contribution >= 0.6 is 15.9 Å². The summed E-state index contributed by atoms with van der Waals surface area (Å²) in [6.45, 7) is 0. The predicted molar refractivity (Wildman–Crippen MR) is 52.8 cm³/mol. The quantitative estimate of drug-likeness (QED) is 0.770. The molecule has 5 heteroatoms. The van der Waals surface area contributed by atoms with Crippen molar-refractivity contribution in [2.24, 2.45) is 7.05 Å². The summed E-state index contributed by atoms with van der Waals surface area (Å²) < 4.78 is 15.2. The summed E-state index contributed by atoms with van der Waals surface area (Å²) in [5, 5.41) is 0. The molecule has 68 valence electrons. The van der Waals surface area contributed by atoms with E-state index in [1.165, 1.54) is 6.07 Å². The monoisotopic (exact) mass is 243 g/mol. The van der Waals surface area contributed by atoms with Crippen LogP contribution in [0.3, 0.4) is 0 Å². The van der Waals surface area contributed by atoms with E-state index >= 15 is 0 Å². The third-order valence-electron chi connectivity index (χ3n) is 1.96. The van der Waals surface area contributed by atoms with E-state index in [1.807, 2.05) is 0 Å². The molecule has 1 aromatic heterocycles. The Balaban J connectivity index is 2.89. The van der Waals surface area contributed by atoms with Gasteiger partial charge in [-0.3, -0.25) is 0 Å². The second-order valence-electron chi connectivity index (χ2n) is 2.78. The number of anilines is 1. The van der Waals surface area contributed by atoms with Gasteiger partial charge in [-0.05, 0) is 22.0 Å². The molecule has 0 fully saturated rings. The molecular formula is C8H7BrFN3. The Labute approximate surface area is 82.5 Å². The standard InChI is InChI=1S/C8H7BrFN3/c1-13-7-2-4(9)5(10)3-6(7)12-8(13)11/h2-3H,1H3,(H2,11,12). The predicted octanol–water partition coefficient (Wildman–Crippen LogP) is 2.06. The highest BCUT2D eigenvalue weighted by Crippen LogP contribution is 2.23. The van der Waals surface area contributed by atoms with Crippen LogP contribution in [-0.4, -0.2) is 9.55 Å². The number of nitrogen functional groups attached to an aromatic ring is 1. The molecule has 0 aliphatic heterocycles. The lowest BCUT2D eigenvalue weighted by Gasteiger charge is -1.97. The second-order valence-corrected chi connectivity index (χ2v) is 3.64. The van der Waals surface area contributed by atoms with Gasteiger partial charge in [0.15, 0.2) is 0 Å². The first kappa shape index (κ1) is 8.50. The maximum atomic E-state index is 13.1. The molecule has 0 unspecified atom stereocenters. The molecule has 13 heavy (non-hydrogen) atoms. The third-order valence-corrected chi connectivity index (χ3v) is 2.57. The molecule has 0 aliphatic rings. The number of benzene rings is 1. The van der Waals surface area contributed by atoms with Gasteiger partial charge in [-0.1, -0.05) is 0 Å². The molecule has 2 rings (SSSR count). The molecule has 0 saturated carbocycles. The van der Waals surface area contributed by atoms with Crippen molar-refractivity contribution >= 4 is 32.9 Å². The van der Waals surface area contributed by atoms with Gasteiger partial charge in [-0.2, -0.15) is 0 Å². The number of aromatic nitrogens is 2. The number of rotatable bonds is 0. The molecule has 0 spiro atoms. The normalized spacial score (nSPS) is 11.0. The fourth-order valence-electron chi connectivity index (χ4n) is 1.21. The van der Waals surface area contributed by atoms with Crippen molar-refractivity contribution in [1.82, 2.24) is 9.55 Å². The first-order valence-corrected chi connectivity index (χ1v) is 4.46. The number of hydrogen-bond donors (Lipinski definition) is 1. The van der Waals surface area contributed by atoms with Gasteiger partial charge in [0.2, 0.25) is 5.95 Å². The van der Waals surface area contributed by atoms with Crippen LogP contribution in [0.5, 0.6) is 0 Å². The van der Waals surface area contributed by atoms with Crippen LogP contribution in [-0.2, 0) is 7.05 Å². The Morgan fingerprint density at radius 3 is 2.92 bits per heavy atom. The van der Waals surface area contributed by atoms with Crippen molar-refractivity contribution in [2.45, 2.75) is 0 Å². The number of nitrogens with two attached hydrogens (primary N) is 1. The van der Waals surface area contributed by atoms with E-state index in [0.717, 1.165) is 5.52 Å². The Morgan fingerprint density at radius 1 is 1.54 bits per heavy atom. The molecule has 3 nitrogen and oxygen atoms in total. The van der Waals surface area contributed by atoms with E-state index in [9.17, 15) is 4.39 Å². The van der Waals surface area contributed by atoms with Gasteiger partial charge in [-0.25, -0.2) is 9.37 Å². The maximum Gasteiger partial charge on any atom is 0.200 e. The number of fused-ring (bicyclic) bond motifs is 1. The van der Waals surface area contributed by atoms with E-state index in [2.05, 4.69) is 20.9 Å². The van der Waals surface area contributed by atoms with Crippen molar-refractivity contribution in [1.29, 1.82) is 0 Å². The molecule has 1 heterocycles. The van der Waals surface area contributed by atoms with Gasteiger partial charge in [0, 0.05) is 13.1 Å². The third kappa shape index (κ3) is 1.19. The topological polar surface area (TPSA) is 43.8 Å². The first-order chi connectivity index (χ1) is 6.09. The molecule has 0 radical (unpaired) electrons. The van der Waals surface area contributed by atoms with Crippen LogP contribution in [0.15, 0.2) is 16.6 Å². The fraction of sp³-hybridized carbons (Fsp3) is 0.125. The van der Waals surface area contributed by atoms with E-state index in [0.29, 0.717) is 15.9 Å². The highest BCUT2D eigenvalue weighted by molar-refractivity contribution is 9.10. The molecule has 2 N–H and O–H groups in total. The zero-order valence-corrected chi connectivity index (χ0v) is 8.47. The van der Waals surface area contributed by atoms with Gasteiger partial charge < -0.3 is 10.3 Å².